The molecule has 0 aliphatic heterocycles. The van der Waals surface area contributed by atoms with Gasteiger partial charge in [-0.15, -0.1) is 0 Å². The number of aliphatic hydroxyl groups is 3. The van der Waals surface area contributed by atoms with Gasteiger partial charge in [-0.05, 0) is 18.2 Å². The van der Waals surface area contributed by atoms with E-state index in [0.717, 1.165) is 0 Å². The Bertz CT molecular complexity index is 548. The molecule has 0 heterocycles. The maximum Gasteiger partial charge on any atom is 0.123 e. The summed E-state index contributed by atoms with van der Waals surface area (Å²) in [5.74, 6) is 0.623. The third-order valence-corrected chi connectivity index (χ3v) is 3.83. The summed E-state index contributed by atoms with van der Waals surface area (Å²) >= 11 is 0. The van der Waals surface area contributed by atoms with Crippen LogP contribution in [0.15, 0.2) is 12.1 Å². The van der Waals surface area contributed by atoms with E-state index in [1.807, 2.05) is 27.7 Å². The first-order valence-electron chi connectivity index (χ1n) is 9.11. The Morgan fingerprint density at radius 2 is 1.65 bits per heavy atom. The summed E-state index contributed by atoms with van der Waals surface area (Å²) in [6.07, 6.45) is -1.98. The third kappa shape index (κ3) is 7.47. The normalized spacial score (nSPS) is 20.4. The molecule has 1 aliphatic rings. The van der Waals surface area contributed by atoms with Crippen LogP contribution < -0.4 is 15.8 Å². The summed E-state index contributed by atoms with van der Waals surface area (Å²) in [5.41, 5.74) is 6.41. The Balaban J connectivity index is 0.000000765. The highest BCUT2D eigenvalue weighted by Gasteiger charge is 2.29. The minimum atomic E-state index is -0.880. The Kier molecular flexibility index (Phi) is 9.32. The Hall–Kier alpha value is -1.38. The first-order chi connectivity index (χ1) is 12.1. The summed E-state index contributed by atoms with van der Waals surface area (Å²) in [6, 6.07) is 3.76. The molecule has 150 valence electrons. The molecule has 0 spiro atoms. The fourth-order valence-corrected chi connectivity index (χ4v) is 2.55. The standard InChI is InChI=1S/C16H25NO5.C3H9N/c1-9(2)17-7-10(18)8-22-16-4-3-13(19)11-5-14(20)15(21)6-12(11)16;1-3(2)4/h3-4,9-10,14-15,17-21H,5-8H2,1-2H3;3H,4H2,1-2H3/t10?,14-,15+;/m1./s1. The summed E-state index contributed by atoms with van der Waals surface area (Å²) in [7, 11) is 0. The largest absolute Gasteiger partial charge is 0.508 e. The zero-order valence-corrected chi connectivity index (χ0v) is 16.1. The lowest BCUT2D eigenvalue weighted by Gasteiger charge is -2.28. The third-order valence-electron chi connectivity index (χ3n) is 3.83. The van der Waals surface area contributed by atoms with Gasteiger partial charge < -0.3 is 36.2 Å². The summed E-state index contributed by atoms with van der Waals surface area (Å²) in [5, 5.41) is 42.5. The minimum absolute atomic E-state index is 0.0929. The van der Waals surface area contributed by atoms with E-state index in [1.54, 1.807) is 6.07 Å². The van der Waals surface area contributed by atoms with Gasteiger partial charge in [-0.2, -0.15) is 0 Å². The maximum atomic E-state index is 9.90. The van der Waals surface area contributed by atoms with E-state index in [9.17, 15) is 20.4 Å². The molecular formula is C19H34N2O5. The fraction of sp³-hybridized carbons (Fsp3) is 0.684. The number of nitrogens with one attached hydrogen (secondary N) is 1. The van der Waals surface area contributed by atoms with E-state index >= 15 is 0 Å². The van der Waals surface area contributed by atoms with E-state index in [0.29, 0.717) is 29.5 Å². The van der Waals surface area contributed by atoms with Crippen LogP contribution >= 0.6 is 0 Å². The lowest BCUT2D eigenvalue weighted by atomic mass is 9.86. The average Bonchev–Trinajstić information content (AvgIpc) is 2.53. The lowest BCUT2D eigenvalue weighted by molar-refractivity contribution is 0.0127. The average molecular weight is 370 g/mol. The molecule has 0 aromatic heterocycles. The van der Waals surface area contributed by atoms with Gasteiger partial charge in [0.05, 0.1) is 12.2 Å². The molecule has 1 unspecified atom stereocenters. The molecule has 1 aromatic carbocycles. The van der Waals surface area contributed by atoms with Crippen molar-refractivity contribution in [2.45, 2.75) is 70.9 Å². The van der Waals surface area contributed by atoms with Crippen molar-refractivity contribution in [3.63, 3.8) is 0 Å². The quantitative estimate of drug-likeness (QED) is 0.425. The summed E-state index contributed by atoms with van der Waals surface area (Å²) < 4.78 is 5.64. The Labute approximate surface area is 155 Å². The molecule has 0 amide bonds. The van der Waals surface area contributed by atoms with E-state index in [2.05, 4.69) is 5.32 Å². The van der Waals surface area contributed by atoms with Gasteiger partial charge in [-0.25, -0.2) is 0 Å². The van der Waals surface area contributed by atoms with Crippen molar-refractivity contribution < 1.29 is 25.2 Å². The van der Waals surface area contributed by atoms with E-state index in [-0.39, 0.29) is 31.2 Å². The van der Waals surface area contributed by atoms with Crippen LogP contribution in [0.4, 0.5) is 0 Å². The number of hydrogen-bond donors (Lipinski definition) is 6. The van der Waals surface area contributed by atoms with Crippen molar-refractivity contribution in [1.82, 2.24) is 5.32 Å². The van der Waals surface area contributed by atoms with E-state index < -0.39 is 18.3 Å². The first kappa shape index (κ1) is 22.7. The van der Waals surface area contributed by atoms with Crippen LogP contribution in [-0.4, -0.2) is 64.0 Å². The number of rotatable bonds is 6. The first-order valence-corrected chi connectivity index (χ1v) is 9.11. The van der Waals surface area contributed by atoms with Crippen molar-refractivity contribution >= 4 is 0 Å². The van der Waals surface area contributed by atoms with Crippen molar-refractivity contribution in [1.29, 1.82) is 0 Å². The molecule has 0 bridgehead atoms. The summed E-state index contributed by atoms with van der Waals surface area (Å²) in [4.78, 5) is 0. The number of aliphatic hydroxyl groups excluding tert-OH is 3. The highest BCUT2D eigenvalue weighted by Crippen LogP contribution is 2.35. The molecule has 3 atom stereocenters. The van der Waals surface area contributed by atoms with Gasteiger partial charge in [-0.1, -0.05) is 27.7 Å². The van der Waals surface area contributed by atoms with Crippen LogP contribution in [0.2, 0.25) is 0 Å². The molecule has 2 rings (SSSR count). The van der Waals surface area contributed by atoms with Gasteiger partial charge in [0.1, 0.15) is 24.2 Å². The van der Waals surface area contributed by atoms with Gasteiger partial charge in [0.25, 0.3) is 0 Å². The minimum Gasteiger partial charge on any atom is -0.508 e. The molecule has 1 aromatic rings. The summed E-state index contributed by atoms with van der Waals surface area (Å²) in [6.45, 7) is 8.43. The zero-order chi connectivity index (χ0) is 19.9. The number of fused-ring (bicyclic) bond motifs is 1. The van der Waals surface area contributed by atoms with Gasteiger partial charge in [-0.3, -0.25) is 0 Å². The predicted molar refractivity (Wildman–Crippen MR) is 101 cm³/mol. The van der Waals surface area contributed by atoms with Crippen LogP contribution in [0.5, 0.6) is 11.5 Å². The number of aromatic hydroxyl groups is 1. The lowest BCUT2D eigenvalue weighted by Crippen LogP contribution is -2.36. The molecule has 1 aliphatic carbocycles. The molecule has 0 fully saturated rings. The molecule has 7 heteroatoms. The second kappa shape index (κ2) is 10.7. The SMILES string of the molecule is CC(C)N.CC(C)NCC(O)COc1ccc(O)c2c1C[C@H](O)[C@H](O)C2. The Morgan fingerprint density at radius 3 is 2.19 bits per heavy atom. The van der Waals surface area contributed by atoms with Crippen LogP contribution in [0.3, 0.4) is 0 Å². The Morgan fingerprint density at radius 1 is 1.12 bits per heavy atom. The number of phenolic OH excluding ortho intramolecular Hbond substituents is 1. The van der Waals surface area contributed by atoms with Crippen LogP contribution in [0.25, 0.3) is 0 Å². The number of nitrogens with two attached hydrogens (primary N) is 1. The van der Waals surface area contributed by atoms with Gasteiger partial charge in [0.15, 0.2) is 0 Å². The van der Waals surface area contributed by atoms with Crippen molar-refractivity contribution in [3.8, 4) is 11.5 Å². The number of phenols is 1. The maximum absolute atomic E-state index is 9.90. The fourth-order valence-electron chi connectivity index (χ4n) is 2.55. The van der Waals surface area contributed by atoms with Gasteiger partial charge in [0, 0.05) is 36.6 Å². The molecule has 26 heavy (non-hydrogen) atoms. The topological polar surface area (TPSA) is 128 Å². The number of ether oxygens (including phenoxy) is 1. The van der Waals surface area contributed by atoms with Crippen molar-refractivity contribution in [2.75, 3.05) is 13.2 Å². The molecule has 0 saturated carbocycles. The molecule has 7 N–H and O–H groups in total. The van der Waals surface area contributed by atoms with E-state index in [4.69, 9.17) is 10.5 Å². The predicted octanol–water partition coefficient (Wildman–Crippen LogP) is 0.304. The number of hydrogen-bond acceptors (Lipinski definition) is 7. The van der Waals surface area contributed by atoms with Crippen molar-refractivity contribution in [3.05, 3.63) is 23.3 Å². The van der Waals surface area contributed by atoms with Crippen LogP contribution in [-0.2, 0) is 12.8 Å². The van der Waals surface area contributed by atoms with Crippen LogP contribution in [0.1, 0.15) is 38.8 Å². The highest BCUT2D eigenvalue weighted by molar-refractivity contribution is 5.50. The van der Waals surface area contributed by atoms with Gasteiger partial charge >= 0.3 is 0 Å². The molecule has 7 nitrogen and oxygen atoms in total. The monoisotopic (exact) mass is 370 g/mol. The van der Waals surface area contributed by atoms with Gasteiger partial charge in [0.2, 0.25) is 0 Å². The second-order valence-electron chi connectivity index (χ2n) is 7.35. The van der Waals surface area contributed by atoms with E-state index in [1.165, 1.54) is 6.07 Å². The molecular weight excluding hydrogens is 336 g/mol. The number of benzene rings is 1. The molecule has 0 radical (unpaired) electrons. The van der Waals surface area contributed by atoms with Crippen molar-refractivity contribution in [2.24, 2.45) is 5.73 Å². The van der Waals surface area contributed by atoms with Crippen LogP contribution in [0, 0.1) is 0 Å². The zero-order valence-electron chi connectivity index (χ0n) is 16.1. The second-order valence-corrected chi connectivity index (χ2v) is 7.35. The molecule has 0 saturated heterocycles. The smallest absolute Gasteiger partial charge is 0.123 e. The highest BCUT2D eigenvalue weighted by atomic mass is 16.5.